The SMILES string of the molecule is CC1CCC(C(N)=O)CN1c1ccnc(F)c1. The maximum absolute atomic E-state index is 13.1. The molecule has 2 unspecified atom stereocenters. The number of hydrogen-bond donors (Lipinski definition) is 1. The van der Waals surface area contributed by atoms with Gasteiger partial charge < -0.3 is 10.6 Å². The van der Waals surface area contributed by atoms with E-state index in [2.05, 4.69) is 11.9 Å². The Labute approximate surface area is 99.6 Å². The molecule has 2 heterocycles. The first kappa shape index (κ1) is 11.8. The number of anilines is 1. The molecule has 1 aromatic rings. The van der Waals surface area contributed by atoms with Gasteiger partial charge in [0.15, 0.2) is 0 Å². The van der Waals surface area contributed by atoms with Crippen LogP contribution in [0.3, 0.4) is 0 Å². The summed E-state index contributed by atoms with van der Waals surface area (Å²) < 4.78 is 13.1. The summed E-state index contributed by atoms with van der Waals surface area (Å²) in [4.78, 5) is 16.8. The molecular formula is C12H16FN3O. The van der Waals surface area contributed by atoms with Crippen LogP contribution in [-0.4, -0.2) is 23.5 Å². The highest BCUT2D eigenvalue weighted by molar-refractivity contribution is 5.77. The average molecular weight is 237 g/mol. The first-order valence-electron chi connectivity index (χ1n) is 5.75. The van der Waals surface area contributed by atoms with Crippen molar-refractivity contribution in [1.82, 2.24) is 4.98 Å². The highest BCUT2D eigenvalue weighted by Gasteiger charge is 2.28. The van der Waals surface area contributed by atoms with Crippen LogP contribution >= 0.6 is 0 Å². The summed E-state index contributed by atoms with van der Waals surface area (Å²) in [5.41, 5.74) is 6.09. The summed E-state index contributed by atoms with van der Waals surface area (Å²) in [5.74, 6) is -0.935. The Morgan fingerprint density at radius 1 is 1.59 bits per heavy atom. The third-order valence-corrected chi connectivity index (χ3v) is 3.33. The molecule has 2 atom stereocenters. The molecule has 5 heteroatoms. The Morgan fingerprint density at radius 3 is 3.00 bits per heavy atom. The van der Waals surface area contributed by atoms with Gasteiger partial charge in [0.1, 0.15) is 0 Å². The molecule has 1 amide bonds. The third kappa shape index (κ3) is 2.54. The molecule has 2 N–H and O–H groups in total. The lowest BCUT2D eigenvalue weighted by atomic mass is 9.92. The Hall–Kier alpha value is -1.65. The second kappa shape index (κ2) is 4.69. The van der Waals surface area contributed by atoms with Crippen LogP contribution in [0.2, 0.25) is 0 Å². The van der Waals surface area contributed by atoms with E-state index in [4.69, 9.17) is 5.73 Å². The lowest BCUT2D eigenvalue weighted by Gasteiger charge is -2.38. The lowest BCUT2D eigenvalue weighted by Crippen LogP contribution is -2.45. The Balaban J connectivity index is 2.20. The largest absolute Gasteiger partial charge is 0.369 e. The van der Waals surface area contributed by atoms with Crippen molar-refractivity contribution in [3.63, 3.8) is 0 Å². The highest BCUT2D eigenvalue weighted by Crippen LogP contribution is 2.27. The molecule has 1 aliphatic heterocycles. The first-order valence-corrected chi connectivity index (χ1v) is 5.75. The molecule has 4 nitrogen and oxygen atoms in total. The maximum atomic E-state index is 13.1. The smallest absolute Gasteiger partial charge is 0.222 e. The van der Waals surface area contributed by atoms with Crippen molar-refractivity contribution >= 4 is 11.6 Å². The van der Waals surface area contributed by atoms with Crippen molar-refractivity contribution in [3.8, 4) is 0 Å². The van der Waals surface area contributed by atoms with Gasteiger partial charge in [-0.2, -0.15) is 4.39 Å². The van der Waals surface area contributed by atoms with Crippen LogP contribution in [0.4, 0.5) is 10.1 Å². The minimum atomic E-state index is -0.504. The summed E-state index contributed by atoms with van der Waals surface area (Å²) in [6, 6.07) is 3.43. The van der Waals surface area contributed by atoms with Crippen LogP contribution in [-0.2, 0) is 4.79 Å². The van der Waals surface area contributed by atoms with Crippen LogP contribution < -0.4 is 10.6 Å². The number of amides is 1. The van der Waals surface area contributed by atoms with E-state index in [0.29, 0.717) is 6.54 Å². The molecule has 0 aliphatic carbocycles. The molecule has 1 fully saturated rings. The fraction of sp³-hybridized carbons (Fsp3) is 0.500. The Bertz CT molecular complexity index is 424. The van der Waals surface area contributed by atoms with Gasteiger partial charge in [-0.3, -0.25) is 4.79 Å². The number of nitrogens with zero attached hydrogens (tertiary/aromatic N) is 2. The summed E-state index contributed by atoms with van der Waals surface area (Å²) in [5, 5.41) is 0. The fourth-order valence-corrected chi connectivity index (χ4v) is 2.27. The number of pyridine rings is 1. The van der Waals surface area contributed by atoms with Crippen LogP contribution in [0, 0.1) is 11.9 Å². The van der Waals surface area contributed by atoms with Gasteiger partial charge in [0.2, 0.25) is 11.9 Å². The summed E-state index contributed by atoms with van der Waals surface area (Å²) >= 11 is 0. The molecule has 92 valence electrons. The van der Waals surface area contributed by atoms with Gasteiger partial charge in [0, 0.05) is 30.5 Å². The quantitative estimate of drug-likeness (QED) is 0.789. The average Bonchev–Trinajstić information content (AvgIpc) is 2.29. The Kier molecular flexibility index (Phi) is 3.26. The van der Waals surface area contributed by atoms with Gasteiger partial charge in [-0.15, -0.1) is 0 Å². The number of halogens is 1. The monoisotopic (exact) mass is 237 g/mol. The molecule has 0 bridgehead atoms. The number of carbonyl (C=O) groups is 1. The van der Waals surface area contributed by atoms with Gasteiger partial charge in [0.05, 0.1) is 5.92 Å². The summed E-state index contributed by atoms with van der Waals surface area (Å²) in [6.45, 7) is 2.62. The van der Waals surface area contributed by atoms with Crippen LogP contribution in [0.1, 0.15) is 19.8 Å². The first-order chi connectivity index (χ1) is 8.08. The van der Waals surface area contributed by atoms with Gasteiger partial charge in [-0.1, -0.05) is 0 Å². The van der Waals surface area contributed by atoms with E-state index >= 15 is 0 Å². The fourth-order valence-electron chi connectivity index (χ4n) is 2.27. The third-order valence-electron chi connectivity index (χ3n) is 3.33. The molecule has 1 aromatic heterocycles. The van der Waals surface area contributed by atoms with Crippen molar-refractivity contribution in [2.45, 2.75) is 25.8 Å². The second-order valence-electron chi connectivity index (χ2n) is 4.51. The predicted octanol–water partition coefficient (Wildman–Crippen LogP) is 1.31. The number of piperidine rings is 1. The standard InChI is InChI=1S/C12H16FN3O/c1-8-2-3-9(12(14)17)7-16(8)10-4-5-15-11(13)6-10/h4-6,8-9H,2-3,7H2,1H3,(H2,14,17). The Morgan fingerprint density at radius 2 is 2.35 bits per heavy atom. The molecule has 17 heavy (non-hydrogen) atoms. The van der Waals surface area contributed by atoms with Crippen molar-refractivity contribution in [1.29, 1.82) is 0 Å². The number of primary amides is 1. The van der Waals surface area contributed by atoms with Gasteiger partial charge in [-0.05, 0) is 25.8 Å². The van der Waals surface area contributed by atoms with Crippen LogP contribution in [0.5, 0.6) is 0 Å². The van der Waals surface area contributed by atoms with E-state index in [1.807, 2.05) is 4.90 Å². The number of carbonyl (C=O) groups excluding carboxylic acids is 1. The number of nitrogens with two attached hydrogens (primary N) is 1. The number of rotatable bonds is 2. The van der Waals surface area contributed by atoms with E-state index in [1.54, 1.807) is 6.07 Å². The zero-order valence-corrected chi connectivity index (χ0v) is 9.77. The normalized spacial score (nSPS) is 24.7. The van der Waals surface area contributed by atoms with Crippen molar-refractivity contribution < 1.29 is 9.18 Å². The molecule has 0 saturated carbocycles. The second-order valence-corrected chi connectivity index (χ2v) is 4.51. The zero-order chi connectivity index (χ0) is 12.4. The predicted molar refractivity (Wildman–Crippen MR) is 62.9 cm³/mol. The number of hydrogen-bond acceptors (Lipinski definition) is 3. The topological polar surface area (TPSA) is 59.2 Å². The van der Waals surface area contributed by atoms with Crippen molar-refractivity contribution in [2.24, 2.45) is 11.7 Å². The van der Waals surface area contributed by atoms with Crippen molar-refractivity contribution in [3.05, 3.63) is 24.3 Å². The van der Waals surface area contributed by atoms with E-state index in [1.165, 1.54) is 12.3 Å². The lowest BCUT2D eigenvalue weighted by molar-refractivity contribution is -0.122. The molecule has 0 aromatic carbocycles. The van der Waals surface area contributed by atoms with Crippen LogP contribution in [0.25, 0.3) is 0 Å². The molecule has 1 aliphatic rings. The molecule has 0 spiro atoms. The van der Waals surface area contributed by atoms with Gasteiger partial charge >= 0.3 is 0 Å². The van der Waals surface area contributed by atoms with E-state index in [0.717, 1.165) is 18.5 Å². The molecule has 2 rings (SSSR count). The summed E-state index contributed by atoms with van der Waals surface area (Å²) in [7, 11) is 0. The highest BCUT2D eigenvalue weighted by atomic mass is 19.1. The van der Waals surface area contributed by atoms with Crippen molar-refractivity contribution in [2.75, 3.05) is 11.4 Å². The minimum Gasteiger partial charge on any atom is -0.369 e. The summed E-state index contributed by atoms with van der Waals surface area (Å²) in [6.07, 6.45) is 3.13. The van der Waals surface area contributed by atoms with Gasteiger partial charge in [-0.25, -0.2) is 4.98 Å². The molecule has 1 saturated heterocycles. The minimum absolute atomic E-state index is 0.151. The van der Waals surface area contributed by atoms with Crippen LogP contribution in [0.15, 0.2) is 18.3 Å². The zero-order valence-electron chi connectivity index (χ0n) is 9.77. The van der Waals surface area contributed by atoms with E-state index < -0.39 is 5.95 Å². The molecule has 0 radical (unpaired) electrons. The maximum Gasteiger partial charge on any atom is 0.222 e. The van der Waals surface area contributed by atoms with Gasteiger partial charge in [0.25, 0.3) is 0 Å². The van der Waals surface area contributed by atoms with E-state index in [9.17, 15) is 9.18 Å². The molecular weight excluding hydrogens is 221 g/mol. The number of aromatic nitrogens is 1. The van der Waals surface area contributed by atoms with E-state index in [-0.39, 0.29) is 17.9 Å².